The van der Waals surface area contributed by atoms with Crippen LogP contribution in [0.25, 0.3) is 0 Å². The van der Waals surface area contributed by atoms with Crippen molar-refractivity contribution < 1.29 is 13.5 Å². The normalized spacial score (nSPS) is 33.3. The van der Waals surface area contributed by atoms with E-state index in [0.29, 0.717) is 12.3 Å². The molecule has 1 aromatic rings. The molecular weight excluding hydrogens is 298 g/mol. The molecule has 5 heteroatoms. The van der Waals surface area contributed by atoms with Crippen molar-refractivity contribution in [2.75, 3.05) is 6.54 Å². The van der Waals surface area contributed by atoms with Gasteiger partial charge in [0, 0.05) is 6.54 Å². The van der Waals surface area contributed by atoms with Gasteiger partial charge >= 0.3 is 0 Å². The van der Waals surface area contributed by atoms with Gasteiger partial charge in [-0.2, -0.15) is 0 Å². The third-order valence-corrected chi connectivity index (χ3v) is 7.36. The maximum atomic E-state index is 12.4. The molecule has 0 saturated heterocycles. The molecule has 2 N–H and O–H groups in total. The number of rotatable bonds is 4. The van der Waals surface area contributed by atoms with Gasteiger partial charge in [0.25, 0.3) is 0 Å². The highest BCUT2D eigenvalue weighted by Crippen LogP contribution is 2.62. The number of aryl methyl sites for hydroxylation is 1. The Morgan fingerprint density at radius 3 is 2.45 bits per heavy atom. The minimum Gasteiger partial charge on any atom is -0.388 e. The molecule has 2 bridgehead atoms. The van der Waals surface area contributed by atoms with Gasteiger partial charge in [0.2, 0.25) is 10.0 Å². The SMILES string of the molecule is Cc1ccc(S(=O)(=O)NC[C@]2(O)CC[C@H]3C[C@@H]2C3(C)C)cc1. The summed E-state index contributed by atoms with van der Waals surface area (Å²) in [4.78, 5) is 0.253. The number of hydrogen-bond acceptors (Lipinski definition) is 3. The summed E-state index contributed by atoms with van der Waals surface area (Å²) in [6.45, 7) is 6.39. The predicted molar refractivity (Wildman–Crippen MR) is 85.9 cm³/mol. The number of fused-ring (bicyclic) bond motifs is 2. The van der Waals surface area contributed by atoms with E-state index >= 15 is 0 Å². The van der Waals surface area contributed by atoms with Gasteiger partial charge in [-0.1, -0.05) is 31.5 Å². The molecule has 122 valence electrons. The lowest BCUT2D eigenvalue weighted by Crippen LogP contribution is -2.64. The molecule has 0 aliphatic heterocycles. The van der Waals surface area contributed by atoms with Crippen LogP contribution >= 0.6 is 0 Å². The van der Waals surface area contributed by atoms with Crippen molar-refractivity contribution in [1.82, 2.24) is 4.72 Å². The molecule has 22 heavy (non-hydrogen) atoms. The zero-order valence-electron chi connectivity index (χ0n) is 13.5. The van der Waals surface area contributed by atoms with Gasteiger partial charge in [-0.05, 0) is 55.6 Å². The molecule has 4 rings (SSSR count). The summed E-state index contributed by atoms with van der Waals surface area (Å²) in [6, 6.07) is 6.77. The predicted octanol–water partition coefficient (Wildman–Crippen LogP) is 2.46. The first kappa shape index (κ1) is 16.0. The molecule has 0 radical (unpaired) electrons. The number of nitrogens with one attached hydrogen (secondary N) is 1. The second-order valence-electron chi connectivity index (χ2n) is 7.59. The third-order valence-electron chi connectivity index (χ3n) is 5.94. The molecule has 3 fully saturated rings. The highest BCUT2D eigenvalue weighted by Gasteiger charge is 2.60. The van der Waals surface area contributed by atoms with Crippen LogP contribution in [0.15, 0.2) is 29.2 Å². The van der Waals surface area contributed by atoms with Crippen molar-refractivity contribution in [2.24, 2.45) is 17.3 Å². The Hall–Kier alpha value is -0.910. The van der Waals surface area contributed by atoms with Crippen LogP contribution in [0.1, 0.15) is 38.7 Å². The van der Waals surface area contributed by atoms with Gasteiger partial charge in [0.1, 0.15) is 0 Å². The van der Waals surface area contributed by atoms with Gasteiger partial charge in [0.05, 0.1) is 10.5 Å². The monoisotopic (exact) mass is 323 g/mol. The van der Waals surface area contributed by atoms with Crippen molar-refractivity contribution >= 4 is 10.0 Å². The van der Waals surface area contributed by atoms with E-state index in [9.17, 15) is 13.5 Å². The molecule has 3 aliphatic rings. The van der Waals surface area contributed by atoms with E-state index in [2.05, 4.69) is 18.6 Å². The van der Waals surface area contributed by atoms with Crippen LogP contribution in [0, 0.1) is 24.2 Å². The Morgan fingerprint density at radius 1 is 1.27 bits per heavy atom. The molecular formula is C17H25NO3S. The van der Waals surface area contributed by atoms with Crippen LogP contribution < -0.4 is 4.72 Å². The summed E-state index contributed by atoms with van der Waals surface area (Å²) in [5, 5.41) is 10.9. The molecule has 3 saturated carbocycles. The molecule has 1 aromatic carbocycles. The minimum atomic E-state index is -3.57. The first-order valence-corrected chi connectivity index (χ1v) is 9.42. The number of aliphatic hydroxyl groups is 1. The van der Waals surface area contributed by atoms with E-state index in [1.54, 1.807) is 24.3 Å². The van der Waals surface area contributed by atoms with E-state index in [0.717, 1.165) is 18.4 Å². The summed E-state index contributed by atoms with van der Waals surface area (Å²) >= 11 is 0. The summed E-state index contributed by atoms with van der Waals surface area (Å²) in [6.07, 6.45) is 2.67. The molecule has 0 amide bonds. The lowest BCUT2D eigenvalue weighted by molar-refractivity contribution is -0.197. The van der Waals surface area contributed by atoms with Crippen LogP contribution in [-0.4, -0.2) is 25.7 Å². The van der Waals surface area contributed by atoms with Crippen LogP contribution in [0.3, 0.4) is 0 Å². The molecule has 0 heterocycles. The van der Waals surface area contributed by atoms with E-state index in [1.807, 2.05) is 6.92 Å². The Morgan fingerprint density at radius 2 is 1.91 bits per heavy atom. The Labute approximate surface area is 133 Å². The summed E-state index contributed by atoms with van der Waals surface area (Å²) in [7, 11) is -3.57. The summed E-state index contributed by atoms with van der Waals surface area (Å²) in [5.41, 5.74) is 0.213. The van der Waals surface area contributed by atoms with Crippen molar-refractivity contribution in [1.29, 1.82) is 0 Å². The number of hydrogen-bond donors (Lipinski definition) is 2. The second-order valence-corrected chi connectivity index (χ2v) is 9.35. The standard InChI is InChI=1S/C17H25NO3S/c1-12-4-6-14(7-5-12)22(20,21)18-11-17(19)9-8-13-10-15(17)16(13,2)3/h4-7,13,15,18-19H,8-11H2,1-3H3/t13-,15+,17+/m0/s1. The largest absolute Gasteiger partial charge is 0.388 e. The summed E-state index contributed by atoms with van der Waals surface area (Å²) < 4.78 is 27.4. The zero-order chi connectivity index (χ0) is 16.2. The van der Waals surface area contributed by atoms with Crippen LogP contribution in [-0.2, 0) is 10.0 Å². The Kier molecular flexibility index (Phi) is 3.66. The summed E-state index contributed by atoms with van der Waals surface area (Å²) in [5.74, 6) is 0.853. The fourth-order valence-electron chi connectivity index (χ4n) is 4.25. The van der Waals surface area contributed by atoms with Crippen LogP contribution in [0.2, 0.25) is 0 Å². The average molecular weight is 323 g/mol. The molecule has 3 aliphatic carbocycles. The van der Waals surface area contributed by atoms with Gasteiger partial charge < -0.3 is 5.11 Å². The van der Waals surface area contributed by atoms with E-state index in [4.69, 9.17) is 0 Å². The fourth-order valence-corrected chi connectivity index (χ4v) is 5.35. The first-order chi connectivity index (χ1) is 10.2. The van der Waals surface area contributed by atoms with E-state index < -0.39 is 15.6 Å². The van der Waals surface area contributed by atoms with E-state index in [1.165, 1.54) is 0 Å². The highest BCUT2D eigenvalue weighted by molar-refractivity contribution is 7.89. The van der Waals surface area contributed by atoms with Crippen molar-refractivity contribution in [3.05, 3.63) is 29.8 Å². The van der Waals surface area contributed by atoms with Crippen LogP contribution in [0.5, 0.6) is 0 Å². The maximum Gasteiger partial charge on any atom is 0.240 e. The molecule has 0 aromatic heterocycles. The van der Waals surface area contributed by atoms with Gasteiger partial charge in [-0.3, -0.25) is 0 Å². The Balaban J connectivity index is 1.73. The second kappa shape index (κ2) is 5.05. The lowest BCUT2D eigenvalue weighted by atomic mass is 9.44. The number of benzene rings is 1. The number of sulfonamides is 1. The van der Waals surface area contributed by atoms with Gasteiger partial charge in [0.15, 0.2) is 0 Å². The van der Waals surface area contributed by atoms with Gasteiger partial charge in [-0.25, -0.2) is 13.1 Å². The molecule has 0 unspecified atom stereocenters. The van der Waals surface area contributed by atoms with Crippen LogP contribution in [0.4, 0.5) is 0 Å². The minimum absolute atomic E-state index is 0.101. The fraction of sp³-hybridized carbons (Fsp3) is 0.647. The Bertz CT molecular complexity index is 664. The zero-order valence-corrected chi connectivity index (χ0v) is 14.3. The molecule has 3 atom stereocenters. The lowest BCUT2D eigenvalue weighted by Gasteiger charge is -2.63. The maximum absolute atomic E-state index is 12.4. The topological polar surface area (TPSA) is 66.4 Å². The van der Waals surface area contributed by atoms with Crippen molar-refractivity contribution in [3.8, 4) is 0 Å². The van der Waals surface area contributed by atoms with Crippen molar-refractivity contribution in [3.63, 3.8) is 0 Å². The molecule has 4 nitrogen and oxygen atoms in total. The molecule has 0 spiro atoms. The smallest absolute Gasteiger partial charge is 0.240 e. The first-order valence-electron chi connectivity index (χ1n) is 7.94. The van der Waals surface area contributed by atoms with E-state index in [-0.39, 0.29) is 22.8 Å². The van der Waals surface area contributed by atoms with Gasteiger partial charge in [-0.15, -0.1) is 0 Å². The van der Waals surface area contributed by atoms with Crippen molar-refractivity contribution in [2.45, 2.75) is 50.5 Å². The quantitative estimate of drug-likeness (QED) is 0.894. The highest BCUT2D eigenvalue weighted by atomic mass is 32.2. The average Bonchev–Trinajstić information content (AvgIpc) is 2.45. The third kappa shape index (κ3) is 2.49.